The average Bonchev–Trinajstić information content (AvgIpc) is 2.26. The SMILES string of the molecule is CC(=NCc1ccccc1)OC(=O)C(C)(C)C. The number of esters is 1. The minimum Gasteiger partial charge on any atom is -0.412 e. The molecule has 0 saturated carbocycles. The van der Waals surface area contributed by atoms with Crippen LogP contribution in [0.4, 0.5) is 0 Å². The van der Waals surface area contributed by atoms with E-state index >= 15 is 0 Å². The molecule has 0 amide bonds. The zero-order chi connectivity index (χ0) is 12.9. The molecule has 0 heterocycles. The number of carbonyl (C=O) groups is 1. The predicted molar refractivity (Wildman–Crippen MR) is 68.8 cm³/mol. The van der Waals surface area contributed by atoms with Gasteiger partial charge in [-0.05, 0) is 26.3 Å². The van der Waals surface area contributed by atoms with Crippen LogP contribution in [0.5, 0.6) is 0 Å². The van der Waals surface area contributed by atoms with Gasteiger partial charge in [0, 0.05) is 6.92 Å². The third kappa shape index (κ3) is 4.81. The summed E-state index contributed by atoms with van der Waals surface area (Å²) in [6.07, 6.45) is 0. The van der Waals surface area contributed by atoms with E-state index in [1.807, 2.05) is 51.1 Å². The number of hydrogen-bond acceptors (Lipinski definition) is 3. The maximum Gasteiger partial charge on any atom is 0.317 e. The molecule has 0 aliphatic carbocycles. The zero-order valence-electron chi connectivity index (χ0n) is 10.9. The highest BCUT2D eigenvalue weighted by Crippen LogP contribution is 2.15. The normalized spacial score (nSPS) is 12.4. The molecule has 0 aliphatic rings. The number of benzene rings is 1. The van der Waals surface area contributed by atoms with Gasteiger partial charge in [0.05, 0.1) is 12.0 Å². The highest BCUT2D eigenvalue weighted by atomic mass is 16.5. The molecule has 17 heavy (non-hydrogen) atoms. The molecule has 0 unspecified atom stereocenters. The van der Waals surface area contributed by atoms with E-state index in [0.717, 1.165) is 5.56 Å². The summed E-state index contributed by atoms with van der Waals surface area (Å²) in [5, 5.41) is 0. The van der Waals surface area contributed by atoms with Crippen molar-refractivity contribution < 1.29 is 9.53 Å². The van der Waals surface area contributed by atoms with Gasteiger partial charge in [0.1, 0.15) is 0 Å². The molecule has 0 aliphatic heterocycles. The van der Waals surface area contributed by atoms with Gasteiger partial charge in [-0.25, -0.2) is 0 Å². The second-order valence-electron chi connectivity index (χ2n) is 4.96. The van der Waals surface area contributed by atoms with Crippen molar-refractivity contribution in [1.29, 1.82) is 0 Å². The molecule has 0 aromatic heterocycles. The fraction of sp³-hybridized carbons (Fsp3) is 0.429. The fourth-order valence-electron chi connectivity index (χ4n) is 1.11. The van der Waals surface area contributed by atoms with Crippen LogP contribution in [-0.2, 0) is 16.1 Å². The summed E-state index contributed by atoms with van der Waals surface area (Å²) in [6, 6.07) is 9.85. The molecular weight excluding hydrogens is 214 g/mol. The summed E-state index contributed by atoms with van der Waals surface area (Å²) in [5.41, 5.74) is 0.599. The lowest BCUT2D eigenvalue weighted by Crippen LogP contribution is -2.24. The molecule has 3 nitrogen and oxygen atoms in total. The Bertz CT molecular complexity index is 402. The van der Waals surface area contributed by atoms with Crippen LogP contribution >= 0.6 is 0 Å². The quantitative estimate of drug-likeness (QED) is 0.447. The third-order valence-corrected chi connectivity index (χ3v) is 2.18. The van der Waals surface area contributed by atoms with Crippen LogP contribution < -0.4 is 0 Å². The van der Waals surface area contributed by atoms with Gasteiger partial charge >= 0.3 is 5.97 Å². The van der Waals surface area contributed by atoms with E-state index in [4.69, 9.17) is 4.74 Å². The molecular formula is C14H19NO2. The highest BCUT2D eigenvalue weighted by Gasteiger charge is 2.23. The minimum absolute atomic E-state index is 0.258. The molecule has 0 bridgehead atoms. The van der Waals surface area contributed by atoms with Crippen molar-refractivity contribution in [2.24, 2.45) is 10.4 Å². The molecule has 0 saturated heterocycles. The Morgan fingerprint density at radius 2 is 1.82 bits per heavy atom. The van der Waals surface area contributed by atoms with Gasteiger partial charge in [0.25, 0.3) is 0 Å². The molecule has 1 aromatic carbocycles. The summed E-state index contributed by atoms with van der Waals surface area (Å²) in [5.74, 6) is 0.153. The maximum absolute atomic E-state index is 11.6. The Kier molecular flexibility index (Phi) is 4.44. The van der Waals surface area contributed by atoms with Crippen molar-refractivity contribution in [3.05, 3.63) is 35.9 Å². The van der Waals surface area contributed by atoms with E-state index < -0.39 is 5.41 Å². The summed E-state index contributed by atoms with van der Waals surface area (Å²) < 4.78 is 5.15. The Labute approximate surface area is 103 Å². The first-order valence-corrected chi connectivity index (χ1v) is 5.67. The maximum atomic E-state index is 11.6. The van der Waals surface area contributed by atoms with Gasteiger partial charge in [-0.1, -0.05) is 30.3 Å². The van der Waals surface area contributed by atoms with E-state index in [9.17, 15) is 4.79 Å². The summed E-state index contributed by atoms with van der Waals surface area (Å²) in [7, 11) is 0. The Hall–Kier alpha value is -1.64. The molecule has 0 radical (unpaired) electrons. The van der Waals surface area contributed by atoms with Crippen LogP contribution in [0.15, 0.2) is 35.3 Å². The lowest BCUT2D eigenvalue weighted by Gasteiger charge is -2.15. The van der Waals surface area contributed by atoms with E-state index in [0.29, 0.717) is 12.4 Å². The molecule has 0 spiro atoms. The van der Waals surface area contributed by atoms with E-state index in [1.54, 1.807) is 6.92 Å². The molecule has 0 fully saturated rings. The molecule has 0 atom stereocenters. The lowest BCUT2D eigenvalue weighted by atomic mass is 9.97. The van der Waals surface area contributed by atoms with Crippen LogP contribution in [0.2, 0.25) is 0 Å². The van der Waals surface area contributed by atoms with Crippen LogP contribution in [0.3, 0.4) is 0 Å². The first kappa shape index (κ1) is 13.4. The van der Waals surface area contributed by atoms with Gasteiger partial charge in [-0.15, -0.1) is 0 Å². The molecule has 92 valence electrons. The highest BCUT2D eigenvalue weighted by molar-refractivity contribution is 5.89. The number of hydrogen-bond donors (Lipinski definition) is 0. The number of nitrogens with zero attached hydrogens (tertiary/aromatic N) is 1. The van der Waals surface area contributed by atoms with Crippen LogP contribution in [-0.4, -0.2) is 11.9 Å². The van der Waals surface area contributed by atoms with Gasteiger partial charge in [-0.3, -0.25) is 9.79 Å². The van der Waals surface area contributed by atoms with Crippen molar-refractivity contribution in [1.82, 2.24) is 0 Å². The fourth-order valence-corrected chi connectivity index (χ4v) is 1.11. The standard InChI is InChI=1S/C14H19NO2/c1-11(17-13(16)14(2,3)4)15-10-12-8-6-5-7-9-12/h5-9H,10H2,1-4H3. The second-order valence-corrected chi connectivity index (χ2v) is 4.96. The van der Waals surface area contributed by atoms with Crippen molar-refractivity contribution in [3.8, 4) is 0 Å². The Morgan fingerprint density at radius 3 is 2.35 bits per heavy atom. The number of carbonyl (C=O) groups excluding carboxylic acids is 1. The minimum atomic E-state index is -0.497. The van der Waals surface area contributed by atoms with Crippen molar-refractivity contribution in [3.63, 3.8) is 0 Å². The molecule has 0 N–H and O–H groups in total. The third-order valence-electron chi connectivity index (χ3n) is 2.18. The second kappa shape index (κ2) is 5.62. The predicted octanol–water partition coefficient (Wildman–Crippen LogP) is 3.19. The lowest BCUT2D eigenvalue weighted by molar-refractivity contribution is -0.144. The van der Waals surface area contributed by atoms with Crippen molar-refractivity contribution in [2.45, 2.75) is 34.2 Å². The van der Waals surface area contributed by atoms with E-state index in [1.165, 1.54) is 0 Å². The molecule has 3 heteroatoms. The van der Waals surface area contributed by atoms with Gasteiger partial charge < -0.3 is 4.74 Å². The first-order chi connectivity index (χ1) is 7.89. The summed E-state index contributed by atoms with van der Waals surface area (Å²) in [6.45, 7) is 7.69. The van der Waals surface area contributed by atoms with Gasteiger partial charge in [-0.2, -0.15) is 0 Å². The zero-order valence-corrected chi connectivity index (χ0v) is 10.9. The van der Waals surface area contributed by atoms with Crippen LogP contribution in [0, 0.1) is 5.41 Å². The Morgan fingerprint density at radius 1 is 1.24 bits per heavy atom. The number of aliphatic imine (C=N–C) groups is 1. The largest absolute Gasteiger partial charge is 0.412 e. The monoisotopic (exact) mass is 233 g/mol. The van der Waals surface area contributed by atoms with Gasteiger partial charge in [0.2, 0.25) is 0 Å². The van der Waals surface area contributed by atoms with E-state index in [2.05, 4.69) is 4.99 Å². The van der Waals surface area contributed by atoms with E-state index in [-0.39, 0.29) is 5.97 Å². The van der Waals surface area contributed by atoms with Crippen LogP contribution in [0.25, 0.3) is 0 Å². The number of rotatable bonds is 2. The molecule has 1 rings (SSSR count). The number of ether oxygens (including phenoxy) is 1. The van der Waals surface area contributed by atoms with Crippen molar-refractivity contribution >= 4 is 11.9 Å². The molecule has 1 aromatic rings. The smallest absolute Gasteiger partial charge is 0.317 e. The average molecular weight is 233 g/mol. The van der Waals surface area contributed by atoms with Crippen LogP contribution in [0.1, 0.15) is 33.3 Å². The first-order valence-electron chi connectivity index (χ1n) is 5.67. The van der Waals surface area contributed by atoms with Gasteiger partial charge in [0.15, 0.2) is 5.90 Å². The Balaban J connectivity index is 2.54. The topological polar surface area (TPSA) is 38.7 Å². The summed E-state index contributed by atoms with van der Waals surface area (Å²) in [4.78, 5) is 15.8. The van der Waals surface area contributed by atoms with Crippen molar-refractivity contribution in [2.75, 3.05) is 0 Å². The summed E-state index contributed by atoms with van der Waals surface area (Å²) >= 11 is 0.